The molecular formula is C26H47N2O9. The van der Waals surface area contributed by atoms with Crippen molar-refractivity contribution in [3.05, 3.63) is 0 Å². The molecule has 2 rings (SSSR count). The molecule has 37 heavy (non-hydrogen) atoms. The van der Waals surface area contributed by atoms with E-state index in [-0.39, 0.29) is 51.8 Å². The summed E-state index contributed by atoms with van der Waals surface area (Å²) < 4.78 is 27.1. The molecule has 0 aromatic carbocycles. The Morgan fingerprint density at radius 1 is 0.649 bits per heavy atom. The molecule has 215 valence electrons. The van der Waals surface area contributed by atoms with Gasteiger partial charge in [0, 0.05) is 47.8 Å². The minimum atomic E-state index is -0.605. The van der Waals surface area contributed by atoms with Crippen molar-refractivity contribution in [3.63, 3.8) is 0 Å². The molecule has 0 spiro atoms. The molecule has 0 atom stereocenters. The highest BCUT2D eigenvalue weighted by atomic mass is 16.6. The standard InChI is InChI=1S/C26H47N2O9/c1-23(2)13-19(14-24(3,4)27(23)31)36-21(29)17-34-11-9-33-10-12-35-18-22(30)37-20-15-25(5,6)28(32)26(7,8)16-20/h19-20,31H,9-18H2,1-8H3. The molecule has 2 aliphatic heterocycles. The van der Waals surface area contributed by atoms with Gasteiger partial charge in [0.15, 0.2) is 0 Å². The van der Waals surface area contributed by atoms with Gasteiger partial charge in [0.2, 0.25) is 0 Å². The Kier molecular flexibility index (Phi) is 10.9. The number of nitrogens with zero attached hydrogens (tertiary/aromatic N) is 2. The molecule has 11 heteroatoms. The third kappa shape index (κ3) is 9.42. The molecule has 2 fully saturated rings. The van der Waals surface area contributed by atoms with E-state index in [2.05, 4.69) is 0 Å². The van der Waals surface area contributed by atoms with E-state index in [4.69, 9.17) is 23.7 Å². The second kappa shape index (κ2) is 12.7. The van der Waals surface area contributed by atoms with E-state index in [1.807, 2.05) is 55.4 Å². The molecular weight excluding hydrogens is 484 g/mol. The number of hydrogen-bond acceptors (Lipinski definition) is 10. The Bertz CT molecular complexity index is 671. The quantitative estimate of drug-likeness (QED) is 0.297. The number of rotatable bonds is 12. The second-order valence-electron chi connectivity index (χ2n) is 12.6. The van der Waals surface area contributed by atoms with Crippen LogP contribution in [0.1, 0.15) is 81.1 Å². The lowest BCUT2D eigenvalue weighted by Gasteiger charge is -2.50. The predicted octanol–water partition coefficient (Wildman–Crippen LogP) is 2.90. The highest BCUT2D eigenvalue weighted by Gasteiger charge is 2.48. The molecule has 1 radical (unpaired) electrons. The lowest BCUT2D eigenvalue weighted by atomic mass is 9.80. The Morgan fingerprint density at radius 3 is 1.35 bits per heavy atom. The Hall–Kier alpha value is -1.34. The summed E-state index contributed by atoms with van der Waals surface area (Å²) in [5, 5.41) is 25.2. The van der Waals surface area contributed by atoms with Crippen LogP contribution in [-0.2, 0) is 38.5 Å². The molecule has 0 amide bonds. The highest BCUT2D eigenvalue weighted by molar-refractivity contribution is 5.71. The SMILES string of the molecule is CC1(C)CC(OC(=O)COCCOCCOCC(=O)OC2CC(C)(C)N(O)C(C)(C)C2)CC(C)(C)N1[O]. The van der Waals surface area contributed by atoms with E-state index in [0.29, 0.717) is 25.7 Å². The van der Waals surface area contributed by atoms with Gasteiger partial charge in [-0.05, 0) is 55.4 Å². The summed E-state index contributed by atoms with van der Waals surface area (Å²) in [5.41, 5.74) is -2.20. The van der Waals surface area contributed by atoms with Gasteiger partial charge in [-0.3, -0.25) is 0 Å². The maximum atomic E-state index is 12.4. The Labute approximate surface area is 221 Å². The van der Waals surface area contributed by atoms with Crippen molar-refractivity contribution in [3.8, 4) is 0 Å². The fraction of sp³-hybridized carbons (Fsp3) is 0.923. The maximum Gasteiger partial charge on any atom is 0.332 e. The van der Waals surface area contributed by atoms with Gasteiger partial charge in [0.1, 0.15) is 25.4 Å². The second-order valence-corrected chi connectivity index (χ2v) is 12.6. The van der Waals surface area contributed by atoms with E-state index < -0.39 is 34.1 Å². The summed E-state index contributed by atoms with van der Waals surface area (Å²) in [7, 11) is 0. The van der Waals surface area contributed by atoms with Crippen LogP contribution in [0.2, 0.25) is 0 Å². The lowest BCUT2D eigenvalue weighted by Crippen LogP contribution is -2.60. The zero-order valence-corrected chi connectivity index (χ0v) is 23.8. The fourth-order valence-electron chi connectivity index (χ4n) is 5.61. The molecule has 0 aromatic rings. The van der Waals surface area contributed by atoms with Crippen LogP contribution in [0.4, 0.5) is 0 Å². The lowest BCUT2D eigenvalue weighted by molar-refractivity contribution is -0.299. The van der Waals surface area contributed by atoms with E-state index in [0.717, 1.165) is 5.06 Å². The summed E-state index contributed by atoms with van der Waals surface area (Å²) in [4.78, 5) is 24.3. The monoisotopic (exact) mass is 531 g/mol. The number of piperidine rings is 2. The zero-order valence-electron chi connectivity index (χ0n) is 23.8. The van der Waals surface area contributed by atoms with E-state index >= 15 is 0 Å². The first-order chi connectivity index (χ1) is 17.0. The molecule has 2 aliphatic rings. The van der Waals surface area contributed by atoms with E-state index in [1.165, 1.54) is 5.06 Å². The predicted molar refractivity (Wildman–Crippen MR) is 133 cm³/mol. The van der Waals surface area contributed by atoms with Crippen LogP contribution in [0, 0.1) is 0 Å². The first-order valence-corrected chi connectivity index (χ1v) is 13.1. The molecule has 2 heterocycles. The zero-order chi connectivity index (χ0) is 28.1. The molecule has 0 saturated carbocycles. The summed E-state index contributed by atoms with van der Waals surface area (Å²) in [6.07, 6.45) is 1.39. The Balaban J connectivity index is 1.51. The summed E-state index contributed by atoms with van der Waals surface area (Å²) in [6.45, 7) is 15.6. The van der Waals surface area contributed by atoms with Gasteiger partial charge in [-0.25, -0.2) is 9.59 Å². The minimum absolute atomic E-state index is 0.176. The van der Waals surface area contributed by atoms with E-state index in [1.54, 1.807) is 0 Å². The topological polar surface area (TPSA) is 127 Å². The van der Waals surface area contributed by atoms with Gasteiger partial charge in [0.05, 0.1) is 26.4 Å². The molecule has 11 nitrogen and oxygen atoms in total. The largest absolute Gasteiger partial charge is 0.461 e. The van der Waals surface area contributed by atoms with Gasteiger partial charge >= 0.3 is 11.9 Å². The highest BCUT2D eigenvalue weighted by Crippen LogP contribution is 2.39. The van der Waals surface area contributed by atoms with Gasteiger partial charge < -0.3 is 28.9 Å². The van der Waals surface area contributed by atoms with Gasteiger partial charge in [-0.1, -0.05) is 0 Å². The molecule has 1 N–H and O–H groups in total. The van der Waals surface area contributed by atoms with Crippen LogP contribution in [0.15, 0.2) is 0 Å². The Morgan fingerprint density at radius 2 is 0.973 bits per heavy atom. The number of ether oxygens (including phenoxy) is 5. The number of hydrogen-bond donors (Lipinski definition) is 1. The van der Waals surface area contributed by atoms with Crippen LogP contribution < -0.4 is 0 Å². The van der Waals surface area contributed by atoms with Crippen LogP contribution in [0.25, 0.3) is 0 Å². The van der Waals surface area contributed by atoms with Crippen molar-refractivity contribution in [2.24, 2.45) is 0 Å². The summed E-state index contributed by atoms with van der Waals surface area (Å²) >= 11 is 0. The van der Waals surface area contributed by atoms with Gasteiger partial charge in [0.25, 0.3) is 0 Å². The van der Waals surface area contributed by atoms with Crippen LogP contribution >= 0.6 is 0 Å². The van der Waals surface area contributed by atoms with Crippen LogP contribution in [-0.4, -0.2) is 101 Å². The average Bonchev–Trinajstić information content (AvgIpc) is 2.73. The first-order valence-electron chi connectivity index (χ1n) is 13.1. The van der Waals surface area contributed by atoms with Crippen molar-refractivity contribution in [1.29, 1.82) is 0 Å². The maximum absolute atomic E-state index is 12.4. The van der Waals surface area contributed by atoms with Crippen molar-refractivity contribution >= 4 is 11.9 Å². The molecule has 0 bridgehead atoms. The smallest absolute Gasteiger partial charge is 0.332 e. The van der Waals surface area contributed by atoms with Crippen LogP contribution in [0.5, 0.6) is 0 Å². The fourth-order valence-corrected chi connectivity index (χ4v) is 5.61. The molecule has 0 unspecified atom stereocenters. The number of esters is 2. The average molecular weight is 532 g/mol. The molecule has 0 aromatic heterocycles. The normalized spacial score (nSPS) is 24.1. The van der Waals surface area contributed by atoms with Crippen molar-refractivity contribution in [1.82, 2.24) is 10.1 Å². The van der Waals surface area contributed by atoms with E-state index in [9.17, 15) is 20.0 Å². The van der Waals surface area contributed by atoms with Crippen molar-refractivity contribution in [2.45, 2.75) is 115 Å². The van der Waals surface area contributed by atoms with Crippen LogP contribution in [0.3, 0.4) is 0 Å². The first kappa shape index (κ1) is 31.9. The summed E-state index contributed by atoms with van der Waals surface area (Å²) in [5.74, 6) is -0.910. The molecule has 2 saturated heterocycles. The number of carbonyl (C=O) groups excluding carboxylic acids is 2. The van der Waals surface area contributed by atoms with Gasteiger partial charge in [-0.2, -0.15) is 5.06 Å². The number of hydroxylamine groups is 4. The minimum Gasteiger partial charge on any atom is -0.461 e. The summed E-state index contributed by atoms with van der Waals surface area (Å²) in [6, 6.07) is 0. The number of carbonyl (C=O) groups is 2. The van der Waals surface area contributed by atoms with Gasteiger partial charge in [-0.15, -0.1) is 10.3 Å². The van der Waals surface area contributed by atoms with Crippen molar-refractivity contribution < 1.29 is 43.7 Å². The molecule has 0 aliphatic carbocycles. The third-order valence-electron chi connectivity index (χ3n) is 6.94. The third-order valence-corrected chi connectivity index (χ3v) is 6.94. The van der Waals surface area contributed by atoms with Crippen molar-refractivity contribution in [2.75, 3.05) is 39.6 Å².